The fourth-order valence-corrected chi connectivity index (χ4v) is 4.81. The van der Waals surface area contributed by atoms with Crippen LogP contribution >= 0.6 is 23.1 Å². The number of para-hydroxylation sites is 1. The molecule has 2 aromatic carbocycles. The summed E-state index contributed by atoms with van der Waals surface area (Å²) in [7, 11) is 0. The lowest BCUT2D eigenvalue weighted by Crippen LogP contribution is -2.22. The number of benzene rings is 2. The maximum atomic E-state index is 13.1. The quantitative estimate of drug-likeness (QED) is 0.366. The summed E-state index contributed by atoms with van der Waals surface area (Å²) in [6, 6.07) is 16.4. The zero-order valence-corrected chi connectivity index (χ0v) is 17.9. The van der Waals surface area contributed by atoms with Crippen molar-refractivity contribution >= 4 is 44.9 Å². The van der Waals surface area contributed by atoms with E-state index in [1.807, 2.05) is 41.8 Å². The van der Waals surface area contributed by atoms with Gasteiger partial charge in [0.25, 0.3) is 5.56 Å². The molecule has 9 heteroatoms. The number of nitrogens with zero attached hydrogens (tertiary/aromatic N) is 2. The van der Waals surface area contributed by atoms with Crippen molar-refractivity contribution in [3.05, 3.63) is 70.3 Å². The number of fused-ring (bicyclic) bond motifs is 2. The van der Waals surface area contributed by atoms with E-state index in [2.05, 4.69) is 10.3 Å². The molecule has 1 aliphatic heterocycles. The van der Waals surface area contributed by atoms with Gasteiger partial charge >= 0.3 is 0 Å². The van der Waals surface area contributed by atoms with Crippen molar-refractivity contribution in [2.75, 3.05) is 24.3 Å². The fraction of sp³-hybridized carbons (Fsp3) is 0.136. The third-order valence-corrected chi connectivity index (χ3v) is 6.45. The van der Waals surface area contributed by atoms with Crippen molar-refractivity contribution in [1.82, 2.24) is 9.55 Å². The second-order valence-corrected chi connectivity index (χ2v) is 8.56. The SMILES string of the molecule is O=C(CSc1nc2ccsc2c(=O)n1-c1ccccc1)Nc1ccc2c(c1)OCCO2. The highest BCUT2D eigenvalue weighted by molar-refractivity contribution is 7.99. The lowest BCUT2D eigenvalue weighted by atomic mass is 10.2. The molecular weight excluding hydrogens is 434 g/mol. The van der Waals surface area contributed by atoms with E-state index in [9.17, 15) is 9.59 Å². The Morgan fingerprint density at radius 3 is 2.74 bits per heavy atom. The van der Waals surface area contributed by atoms with Crippen molar-refractivity contribution < 1.29 is 14.3 Å². The first-order valence-corrected chi connectivity index (χ1v) is 11.4. The molecule has 0 bridgehead atoms. The van der Waals surface area contributed by atoms with Crippen LogP contribution in [-0.2, 0) is 4.79 Å². The number of amides is 1. The number of ether oxygens (including phenoxy) is 2. The summed E-state index contributed by atoms with van der Waals surface area (Å²) in [5.74, 6) is 1.17. The fourth-order valence-electron chi connectivity index (χ4n) is 3.24. The molecule has 1 aliphatic rings. The van der Waals surface area contributed by atoms with Gasteiger partial charge < -0.3 is 14.8 Å². The highest BCUT2D eigenvalue weighted by Crippen LogP contribution is 2.32. The Morgan fingerprint density at radius 1 is 1.10 bits per heavy atom. The number of nitrogens with one attached hydrogen (secondary N) is 1. The van der Waals surface area contributed by atoms with Crippen molar-refractivity contribution in [2.45, 2.75) is 5.16 Å². The van der Waals surface area contributed by atoms with Crippen molar-refractivity contribution in [3.8, 4) is 17.2 Å². The molecule has 31 heavy (non-hydrogen) atoms. The first kappa shape index (κ1) is 19.7. The van der Waals surface area contributed by atoms with E-state index in [1.165, 1.54) is 23.1 Å². The van der Waals surface area contributed by atoms with Crippen LogP contribution < -0.4 is 20.3 Å². The molecule has 2 aromatic heterocycles. The Hall–Kier alpha value is -3.30. The molecule has 1 amide bonds. The van der Waals surface area contributed by atoms with E-state index in [0.29, 0.717) is 51.5 Å². The molecule has 0 saturated heterocycles. The molecule has 0 saturated carbocycles. The summed E-state index contributed by atoms with van der Waals surface area (Å²) in [5.41, 5.74) is 1.83. The Bertz CT molecular complexity index is 1320. The molecule has 0 radical (unpaired) electrons. The number of carbonyl (C=O) groups is 1. The normalized spacial score (nSPS) is 12.6. The van der Waals surface area contributed by atoms with Gasteiger partial charge in [0.2, 0.25) is 5.91 Å². The van der Waals surface area contributed by atoms with Gasteiger partial charge in [-0.2, -0.15) is 0 Å². The van der Waals surface area contributed by atoms with Gasteiger partial charge in [-0.1, -0.05) is 30.0 Å². The average Bonchev–Trinajstić information content (AvgIpc) is 3.27. The topological polar surface area (TPSA) is 82.5 Å². The summed E-state index contributed by atoms with van der Waals surface area (Å²) in [4.78, 5) is 30.3. The van der Waals surface area contributed by atoms with E-state index < -0.39 is 0 Å². The molecule has 0 atom stereocenters. The number of aromatic nitrogens is 2. The molecule has 3 heterocycles. The number of carbonyl (C=O) groups excluding carboxylic acids is 1. The number of thiophene rings is 1. The first-order valence-electron chi connectivity index (χ1n) is 9.57. The van der Waals surface area contributed by atoms with E-state index in [4.69, 9.17) is 9.47 Å². The predicted molar refractivity (Wildman–Crippen MR) is 122 cm³/mol. The lowest BCUT2D eigenvalue weighted by Gasteiger charge is -2.19. The van der Waals surface area contributed by atoms with Crippen LogP contribution in [0.5, 0.6) is 11.5 Å². The minimum Gasteiger partial charge on any atom is -0.486 e. The number of hydrogen-bond acceptors (Lipinski definition) is 7. The van der Waals surface area contributed by atoms with Gasteiger partial charge in [-0.15, -0.1) is 11.3 Å². The van der Waals surface area contributed by atoms with Crippen LogP contribution in [0.15, 0.2) is 69.9 Å². The Labute approximate surface area is 185 Å². The van der Waals surface area contributed by atoms with Gasteiger partial charge in [-0.05, 0) is 35.7 Å². The zero-order valence-electron chi connectivity index (χ0n) is 16.2. The Kier molecular flexibility index (Phi) is 5.35. The highest BCUT2D eigenvalue weighted by Gasteiger charge is 2.17. The van der Waals surface area contributed by atoms with Gasteiger partial charge in [0.05, 0.1) is 17.0 Å². The molecule has 0 aliphatic carbocycles. The maximum Gasteiger partial charge on any atom is 0.276 e. The van der Waals surface area contributed by atoms with Crippen LogP contribution in [0.1, 0.15) is 0 Å². The van der Waals surface area contributed by atoms with Crippen LogP contribution in [0.2, 0.25) is 0 Å². The molecule has 5 rings (SSSR count). The second-order valence-electron chi connectivity index (χ2n) is 6.70. The number of thioether (sulfide) groups is 1. The van der Waals surface area contributed by atoms with Crippen LogP contribution in [0.4, 0.5) is 5.69 Å². The van der Waals surface area contributed by atoms with Gasteiger partial charge in [0.15, 0.2) is 16.7 Å². The number of anilines is 1. The van der Waals surface area contributed by atoms with Gasteiger partial charge in [0.1, 0.15) is 17.9 Å². The molecule has 0 spiro atoms. The standard InChI is InChI=1S/C22H17N3O4S2/c26-19(23-14-6-7-17-18(12-14)29-10-9-28-17)13-31-22-24-16-8-11-30-20(16)21(27)25(22)15-4-2-1-3-5-15/h1-8,11-12H,9-10,13H2,(H,23,26). The Balaban J connectivity index is 1.38. The summed E-state index contributed by atoms with van der Waals surface area (Å²) in [5, 5.41) is 5.18. The number of hydrogen-bond donors (Lipinski definition) is 1. The largest absolute Gasteiger partial charge is 0.486 e. The smallest absolute Gasteiger partial charge is 0.276 e. The summed E-state index contributed by atoms with van der Waals surface area (Å²) >= 11 is 2.58. The first-order chi connectivity index (χ1) is 15.2. The van der Waals surface area contributed by atoms with Crippen LogP contribution in [0, 0.1) is 0 Å². The molecule has 156 valence electrons. The maximum absolute atomic E-state index is 13.1. The monoisotopic (exact) mass is 451 g/mol. The molecular formula is C22H17N3O4S2. The third-order valence-electron chi connectivity index (χ3n) is 4.62. The van der Waals surface area contributed by atoms with E-state index in [1.54, 1.807) is 22.8 Å². The van der Waals surface area contributed by atoms with Crippen LogP contribution in [0.3, 0.4) is 0 Å². The minimum absolute atomic E-state index is 0.101. The number of rotatable bonds is 5. The van der Waals surface area contributed by atoms with E-state index in [-0.39, 0.29) is 17.2 Å². The zero-order chi connectivity index (χ0) is 21.2. The molecule has 7 nitrogen and oxygen atoms in total. The second kappa shape index (κ2) is 8.44. The molecule has 4 aromatic rings. The minimum atomic E-state index is -0.207. The van der Waals surface area contributed by atoms with Crippen LogP contribution in [-0.4, -0.2) is 34.4 Å². The van der Waals surface area contributed by atoms with E-state index >= 15 is 0 Å². The van der Waals surface area contributed by atoms with Crippen molar-refractivity contribution in [1.29, 1.82) is 0 Å². The van der Waals surface area contributed by atoms with Gasteiger partial charge in [-0.3, -0.25) is 14.2 Å². The van der Waals surface area contributed by atoms with Gasteiger partial charge in [0, 0.05) is 11.8 Å². The van der Waals surface area contributed by atoms with Gasteiger partial charge in [-0.25, -0.2) is 4.98 Å². The lowest BCUT2D eigenvalue weighted by molar-refractivity contribution is -0.113. The third kappa shape index (κ3) is 4.01. The van der Waals surface area contributed by atoms with Crippen molar-refractivity contribution in [2.24, 2.45) is 0 Å². The summed E-state index contributed by atoms with van der Waals surface area (Å²) in [6.07, 6.45) is 0. The summed E-state index contributed by atoms with van der Waals surface area (Å²) < 4.78 is 13.2. The summed E-state index contributed by atoms with van der Waals surface area (Å²) in [6.45, 7) is 0.994. The average molecular weight is 452 g/mol. The van der Waals surface area contributed by atoms with Crippen LogP contribution in [0.25, 0.3) is 15.9 Å². The van der Waals surface area contributed by atoms with E-state index in [0.717, 1.165) is 0 Å². The highest BCUT2D eigenvalue weighted by atomic mass is 32.2. The molecule has 1 N–H and O–H groups in total. The predicted octanol–water partition coefficient (Wildman–Crippen LogP) is 3.95. The van der Waals surface area contributed by atoms with Crippen molar-refractivity contribution in [3.63, 3.8) is 0 Å². The molecule has 0 unspecified atom stereocenters. The Morgan fingerprint density at radius 2 is 1.90 bits per heavy atom. The molecule has 0 fully saturated rings.